The molecule has 0 spiro atoms. The number of aryl methyl sites for hydroxylation is 2. The first kappa shape index (κ1) is 16.5. The quantitative estimate of drug-likeness (QED) is 0.797. The largest absolute Gasteiger partial charge is 0.305 e. The van der Waals surface area contributed by atoms with Crippen molar-refractivity contribution >= 4 is 27.5 Å². The van der Waals surface area contributed by atoms with E-state index in [4.69, 9.17) is 11.6 Å². The standard InChI is InChI=1S/C16H21BrClN3/c1-4-8-21-16(13(17)10-20-21)15(19-5-2)12-7-6-11(3)9-14(12)18/h6-7,9-10,15,19H,4-5,8H2,1-3H3. The maximum absolute atomic E-state index is 6.47. The highest BCUT2D eigenvalue weighted by Gasteiger charge is 2.23. The van der Waals surface area contributed by atoms with Crippen molar-refractivity contribution < 1.29 is 0 Å². The predicted molar refractivity (Wildman–Crippen MR) is 91.9 cm³/mol. The van der Waals surface area contributed by atoms with E-state index in [2.05, 4.69) is 59.2 Å². The van der Waals surface area contributed by atoms with Crippen LogP contribution in [0.25, 0.3) is 0 Å². The molecule has 2 aromatic rings. The molecule has 21 heavy (non-hydrogen) atoms. The van der Waals surface area contributed by atoms with Gasteiger partial charge in [-0.1, -0.05) is 37.6 Å². The van der Waals surface area contributed by atoms with Crippen molar-refractivity contribution in [1.82, 2.24) is 15.1 Å². The van der Waals surface area contributed by atoms with Gasteiger partial charge in [0.1, 0.15) is 0 Å². The molecule has 1 atom stereocenters. The summed E-state index contributed by atoms with van der Waals surface area (Å²) in [6, 6.07) is 6.24. The maximum Gasteiger partial charge on any atom is 0.0774 e. The Bertz CT molecular complexity index is 610. The number of nitrogens with one attached hydrogen (secondary N) is 1. The van der Waals surface area contributed by atoms with Gasteiger partial charge in [-0.15, -0.1) is 0 Å². The molecule has 1 N–H and O–H groups in total. The van der Waals surface area contributed by atoms with Crippen LogP contribution < -0.4 is 5.32 Å². The third-order valence-corrected chi connectivity index (χ3v) is 4.36. The number of halogens is 2. The van der Waals surface area contributed by atoms with Gasteiger partial charge in [-0.05, 0) is 53.0 Å². The van der Waals surface area contributed by atoms with Crippen LogP contribution in [-0.4, -0.2) is 16.3 Å². The van der Waals surface area contributed by atoms with Gasteiger partial charge in [-0.25, -0.2) is 0 Å². The third-order valence-electron chi connectivity index (χ3n) is 3.42. The smallest absolute Gasteiger partial charge is 0.0774 e. The summed E-state index contributed by atoms with van der Waals surface area (Å²) in [5.74, 6) is 0. The fraction of sp³-hybridized carbons (Fsp3) is 0.438. The van der Waals surface area contributed by atoms with Gasteiger partial charge in [0.2, 0.25) is 0 Å². The van der Waals surface area contributed by atoms with Crippen molar-refractivity contribution in [2.24, 2.45) is 0 Å². The van der Waals surface area contributed by atoms with Crippen LogP contribution >= 0.6 is 27.5 Å². The number of benzene rings is 1. The predicted octanol–water partition coefficient (Wildman–Crippen LogP) is 4.72. The molecule has 1 aromatic heterocycles. The normalized spacial score (nSPS) is 12.6. The van der Waals surface area contributed by atoms with E-state index in [1.54, 1.807) is 0 Å². The van der Waals surface area contributed by atoms with E-state index in [0.29, 0.717) is 0 Å². The third kappa shape index (κ3) is 3.68. The van der Waals surface area contributed by atoms with E-state index in [0.717, 1.165) is 40.3 Å². The molecule has 0 saturated heterocycles. The van der Waals surface area contributed by atoms with Gasteiger partial charge in [0.15, 0.2) is 0 Å². The Hall–Kier alpha value is -0.840. The molecule has 5 heteroatoms. The topological polar surface area (TPSA) is 29.9 Å². The molecule has 0 aliphatic heterocycles. The zero-order valence-corrected chi connectivity index (χ0v) is 15.0. The average molecular weight is 371 g/mol. The van der Waals surface area contributed by atoms with Gasteiger partial charge < -0.3 is 5.32 Å². The van der Waals surface area contributed by atoms with Crippen LogP contribution in [0.15, 0.2) is 28.9 Å². The van der Waals surface area contributed by atoms with Crippen molar-refractivity contribution in [3.63, 3.8) is 0 Å². The first-order chi connectivity index (χ1) is 10.1. The summed E-state index contributed by atoms with van der Waals surface area (Å²) in [5.41, 5.74) is 3.38. The van der Waals surface area contributed by atoms with Crippen LogP contribution in [0.4, 0.5) is 0 Å². The van der Waals surface area contributed by atoms with Crippen LogP contribution in [0.1, 0.15) is 43.1 Å². The van der Waals surface area contributed by atoms with Crippen LogP contribution in [0.3, 0.4) is 0 Å². The lowest BCUT2D eigenvalue weighted by Gasteiger charge is -2.22. The zero-order valence-electron chi connectivity index (χ0n) is 12.7. The lowest BCUT2D eigenvalue weighted by atomic mass is 10.0. The summed E-state index contributed by atoms with van der Waals surface area (Å²) in [5, 5.41) is 8.78. The van der Waals surface area contributed by atoms with Crippen molar-refractivity contribution in [2.45, 2.75) is 39.8 Å². The van der Waals surface area contributed by atoms with Crippen LogP contribution in [-0.2, 0) is 6.54 Å². The van der Waals surface area contributed by atoms with E-state index in [-0.39, 0.29) is 6.04 Å². The van der Waals surface area contributed by atoms with Crippen molar-refractivity contribution in [3.8, 4) is 0 Å². The highest BCUT2D eigenvalue weighted by Crippen LogP contribution is 2.33. The molecule has 3 nitrogen and oxygen atoms in total. The van der Waals surface area contributed by atoms with Crippen LogP contribution in [0, 0.1) is 6.92 Å². The molecular formula is C16H21BrClN3. The second-order valence-electron chi connectivity index (χ2n) is 5.12. The summed E-state index contributed by atoms with van der Waals surface area (Å²) in [6.07, 6.45) is 2.90. The summed E-state index contributed by atoms with van der Waals surface area (Å²) < 4.78 is 3.06. The summed E-state index contributed by atoms with van der Waals surface area (Å²) in [7, 11) is 0. The molecule has 0 aliphatic rings. The molecule has 1 heterocycles. The second kappa shape index (κ2) is 7.43. The number of hydrogen-bond donors (Lipinski definition) is 1. The Morgan fingerprint density at radius 1 is 1.38 bits per heavy atom. The van der Waals surface area contributed by atoms with Crippen molar-refractivity contribution in [1.29, 1.82) is 0 Å². The first-order valence-corrected chi connectivity index (χ1v) is 8.46. The van der Waals surface area contributed by atoms with Gasteiger partial charge in [0.05, 0.1) is 22.4 Å². The number of hydrogen-bond acceptors (Lipinski definition) is 2. The van der Waals surface area contributed by atoms with E-state index < -0.39 is 0 Å². The first-order valence-electron chi connectivity index (χ1n) is 7.29. The Balaban J connectivity index is 2.50. The van der Waals surface area contributed by atoms with E-state index in [9.17, 15) is 0 Å². The van der Waals surface area contributed by atoms with E-state index in [1.165, 1.54) is 5.56 Å². The zero-order chi connectivity index (χ0) is 15.4. The summed E-state index contributed by atoms with van der Waals surface area (Å²) in [4.78, 5) is 0. The Morgan fingerprint density at radius 3 is 2.76 bits per heavy atom. The molecule has 1 unspecified atom stereocenters. The SMILES string of the molecule is CCCn1ncc(Br)c1C(NCC)c1ccc(C)cc1Cl. The molecular weight excluding hydrogens is 350 g/mol. The minimum absolute atomic E-state index is 0.0338. The molecule has 0 saturated carbocycles. The van der Waals surface area contributed by atoms with Gasteiger partial charge >= 0.3 is 0 Å². The maximum atomic E-state index is 6.47. The monoisotopic (exact) mass is 369 g/mol. The Kier molecular flexibility index (Phi) is 5.85. The molecule has 2 rings (SSSR count). The number of nitrogens with zero attached hydrogens (tertiary/aromatic N) is 2. The van der Waals surface area contributed by atoms with Gasteiger partial charge in [0.25, 0.3) is 0 Å². The minimum atomic E-state index is 0.0338. The van der Waals surface area contributed by atoms with Gasteiger partial charge in [0, 0.05) is 11.6 Å². The minimum Gasteiger partial charge on any atom is -0.305 e. The van der Waals surface area contributed by atoms with Crippen molar-refractivity contribution in [2.75, 3.05) is 6.54 Å². The average Bonchev–Trinajstić information content (AvgIpc) is 2.79. The summed E-state index contributed by atoms with van der Waals surface area (Å²) >= 11 is 10.1. The fourth-order valence-electron chi connectivity index (χ4n) is 2.47. The van der Waals surface area contributed by atoms with E-state index >= 15 is 0 Å². The van der Waals surface area contributed by atoms with Gasteiger partial charge in [-0.3, -0.25) is 4.68 Å². The van der Waals surface area contributed by atoms with Crippen LogP contribution in [0.5, 0.6) is 0 Å². The Labute approximate surface area is 139 Å². The van der Waals surface area contributed by atoms with Crippen molar-refractivity contribution in [3.05, 3.63) is 50.7 Å². The number of aromatic nitrogens is 2. The highest BCUT2D eigenvalue weighted by molar-refractivity contribution is 9.10. The Morgan fingerprint density at radius 2 is 2.14 bits per heavy atom. The summed E-state index contributed by atoms with van der Waals surface area (Å²) in [6.45, 7) is 8.06. The molecule has 1 aromatic carbocycles. The molecule has 0 fully saturated rings. The fourth-order valence-corrected chi connectivity index (χ4v) is 3.34. The molecule has 114 valence electrons. The lowest BCUT2D eigenvalue weighted by Crippen LogP contribution is -2.25. The molecule has 0 bridgehead atoms. The molecule has 0 radical (unpaired) electrons. The second-order valence-corrected chi connectivity index (χ2v) is 6.38. The van der Waals surface area contributed by atoms with Gasteiger partial charge in [-0.2, -0.15) is 5.10 Å². The number of rotatable bonds is 6. The molecule has 0 aliphatic carbocycles. The van der Waals surface area contributed by atoms with E-state index in [1.807, 2.05) is 16.9 Å². The van der Waals surface area contributed by atoms with Crippen LogP contribution in [0.2, 0.25) is 5.02 Å². The lowest BCUT2D eigenvalue weighted by molar-refractivity contribution is 0.519. The highest BCUT2D eigenvalue weighted by atomic mass is 79.9. The molecule has 0 amide bonds.